The van der Waals surface area contributed by atoms with E-state index in [1.54, 1.807) is 12.1 Å². The first-order valence-corrected chi connectivity index (χ1v) is 13.8. The van der Waals surface area contributed by atoms with Crippen molar-refractivity contribution in [2.75, 3.05) is 13.2 Å². The third-order valence-electron chi connectivity index (χ3n) is 5.43. The molecule has 6 heteroatoms. The summed E-state index contributed by atoms with van der Waals surface area (Å²) in [6.45, 7) is 2.74. The maximum atomic E-state index is 11.4. The largest absolute Gasteiger partial charge is 0.395 e. The molecule has 5 nitrogen and oxygen atoms in total. The van der Waals surface area contributed by atoms with Crippen molar-refractivity contribution in [1.82, 2.24) is 0 Å². The van der Waals surface area contributed by atoms with E-state index in [0.29, 0.717) is 13.0 Å². The molecule has 4 N–H and O–H groups in total. The van der Waals surface area contributed by atoms with Crippen LogP contribution in [0.3, 0.4) is 0 Å². The lowest BCUT2D eigenvalue weighted by atomic mass is 10.0. The van der Waals surface area contributed by atoms with Gasteiger partial charge in [-0.25, -0.2) is 0 Å². The van der Waals surface area contributed by atoms with Crippen molar-refractivity contribution in [1.29, 1.82) is 0 Å². The van der Waals surface area contributed by atoms with Crippen LogP contribution in [0.15, 0.2) is 29.2 Å². The van der Waals surface area contributed by atoms with Crippen LogP contribution in [0.4, 0.5) is 0 Å². The Labute approximate surface area is 191 Å². The van der Waals surface area contributed by atoms with Crippen LogP contribution in [0, 0.1) is 0 Å². The van der Waals surface area contributed by atoms with E-state index in [0.717, 1.165) is 18.4 Å². The van der Waals surface area contributed by atoms with Gasteiger partial charge in [0.2, 0.25) is 0 Å². The molecule has 1 aromatic rings. The minimum atomic E-state index is -4.10. The molecular formula is C25H47NO4S. The Morgan fingerprint density at radius 2 is 1.13 bits per heavy atom. The number of hydrogen-bond donors (Lipinski definition) is 3. The zero-order valence-corrected chi connectivity index (χ0v) is 20.6. The van der Waals surface area contributed by atoms with Crippen molar-refractivity contribution in [2.24, 2.45) is 5.73 Å². The molecule has 0 aliphatic carbocycles. The highest BCUT2D eigenvalue weighted by molar-refractivity contribution is 7.85. The number of aryl methyl sites for hydroxylation is 1. The van der Waals surface area contributed by atoms with Crippen molar-refractivity contribution in [2.45, 2.75) is 115 Å². The number of unbranched alkanes of at least 4 members (excludes halogenated alkanes) is 14. The number of rotatable bonds is 18. The number of aliphatic hydroxyl groups excluding tert-OH is 1. The second kappa shape index (κ2) is 20.9. The molecule has 0 bridgehead atoms. The average molecular weight is 458 g/mol. The smallest absolute Gasteiger partial charge is 0.294 e. The van der Waals surface area contributed by atoms with Crippen LogP contribution in [0.2, 0.25) is 0 Å². The molecule has 1 rings (SSSR count). The molecule has 0 unspecified atom stereocenters. The summed E-state index contributed by atoms with van der Waals surface area (Å²) in [5.41, 5.74) is 5.51. The van der Waals surface area contributed by atoms with Gasteiger partial charge in [0.1, 0.15) is 0 Å². The monoisotopic (exact) mass is 457 g/mol. The van der Waals surface area contributed by atoms with E-state index in [4.69, 9.17) is 10.8 Å². The lowest BCUT2D eigenvalue weighted by molar-refractivity contribution is 0.306. The van der Waals surface area contributed by atoms with E-state index in [1.165, 1.54) is 89.5 Å². The highest BCUT2D eigenvalue weighted by atomic mass is 32.2. The highest BCUT2D eigenvalue weighted by Crippen LogP contribution is 2.18. The fraction of sp³-hybridized carbons (Fsp3) is 0.760. The third kappa shape index (κ3) is 18.3. The number of nitrogens with two attached hydrogens (primary N) is 1. The molecule has 0 aromatic heterocycles. The van der Waals surface area contributed by atoms with Crippen molar-refractivity contribution in [3.8, 4) is 0 Å². The zero-order valence-electron chi connectivity index (χ0n) is 19.7. The van der Waals surface area contributed by atoms with Gasteiger partial charge in [-0.2, -0.15) is 8.42 Å². The molecule has 0 aliphatic rings. The highest BCUT2D eigenvalue weighted by Gasteiger charge is 2.13. The molecule has 182 valence electrons. The second-order valence-electron chi connectivity index (χ2n) is 8.29. The predicted octanol–water partition coefficient (Wildman–Crippen LogP) is 6.28. The van der Waals surface area contributed by atoms with Crippen LogP contribution in [-0.2, 0) is 16.5 Å². The van der Waals surface area contributed by atoms with Crippen LogP contribution in [0.5, 0.6) is 0 Å². The summed E-state index contributed by atoms with van der Waals surface area (Å²) in [6.07, 6.45) is 20.5. The van der Waals surface area contributed by atoms with Crippen LogP contribution < -0.4 is 5.73 Å². The van der Waals surface area contributed by atoms with Crippen molar-refractivity contribution in [3.63, 3.8) is 0 Å². The maximum Gasteiger partial charge on any atom is 0.294 e. The Morgan fingerprint density at radius 1 is 0.742 bits per heavy atom. The van der Waals surface area contributed by atoms with Crippen molar-refractivity contribution < 1.29 is 18.1 Å². The Hall–Kier alpha value is -0.950. The van der Waals surface area contributed by atoms with E-state index >= 15 is 0 Å². The molecule has 31 heavy (non-hydrogen) atoms. The first kappa shape index (κ1) is 30.0. The van der Waals surface area contributed by atoms with Crippen LogP contribution >= 0.6 is 0 Å². The van der Waals surface area contributed by atoms with Gasteiger partial charge < -0.3 is 10.8 Å². The van der Waals surface area contributed by atoms with Crippen molar-refractivity contribution >= 4 is 10.1 Å². The molecular weight excluding hydrogens is 410 g/mol. The molecule has 0 spiro atoms. The van der Waals surface area contributed by atoms with E-state index in [-0.39, 0.29) is 11.5 Å². The normalized spacial score (nSPS) is 11.2. The van der Waals surface area contributed by atoms with Crippen LogP contribution in [0.1, 0.15) is 109 Å². The molecule has 0 aliphatic heterocycles. The summed E-state index contributed by atoms with van der Waals surface area (Å²) in [4.78, 5) is 0.0652. The second-order valence-corrected chi connectivity index (χ2v) is 9.68. The van der Waals surface area contributed by atoms with Gasteiger partial charge in [-0.15, -0.1) is 0 Å². The Bertz CT molecular complexity index is 618. The minimum absolute atomic E-state index is 0.0652. The Morgan fingerprint density at radius 3 is 1.52 bits per heavy atom. The summed E-state index contributed by atoms with van der Waals surface area (Å²) < 4.78 is 32.0. The third-order valence-corrected chi connectivity index (χ3v) is 6.38. The van der Waals surface area contributed by atoms with Gasteiger partial charge in [0.25, 0.3) is 10.1 Å². The van der Waals surface area contributed by atoms with Gasteiger partial charge >= 0.3 is 0 Å². The number of hydrogen-bond acceptors (Lipinski definition) is 4. The quantitative estimate of drug-likeness (QED) is 0.178. The average Bonchev–Trinajstić information content (AvgIpc) is 2.76. The minimum Gasteiger partial charge on any atom is -0.395 e. The fourth-order valence-corrected chi connectivity index (χ4v) is 4.40. The Balaban J connectivity index is 0.00000206. The summed E-state index contributed by atoms with van der Waals surface area (Å²) in [5, 5.41) is 7.75. The molecule has 1 aromatic carbocycles. The van der Waals surface area contributed by atoms with E-state index in [1.807, 2.05) is 6.07 Å². The topological polar surface area (TPSA) is 101 Å². The molecule has 0 heterocycles. The zero-order chi connectivity index (χ0) is 23.2. The SMILES string of the molecule is CCCCCCCCCCCCCCCCCc1ccccc1S(=O)(=O)O.NCCO. The van der Waals surface area contributed by atoms with Gasteiger partial charge in [0.05, 0.1) is 11.5 Å². The first-order valence-electron chi connectivity index (χ1n) is 12.3. The molecule has 0 radical (unpaired) electrons. The lowest BCUT2D eigenvalue weighted by Crippen LogP contribution is -2.03. The van der Waals surface area contributed by atoms with Gasteiger partial charge in [-0.05, 0) is 24.5 Å². The Kier molecular flexibility index (Phi) is 20.3. The van der Waals surface area contributed by atoms with Gasteiger partial charge in [0.15, 0.2) is 0 Å². The summed E-state index contributed by atoms with van der Waals surface area (Å²) in [7, 11) is -4.10. The maximum absolute atomic E-state index is 11.4. The summed E-state index contributed by atoms with van der Waals surface area (Å²) in [5.74, 6) is 0. The molecule has 0 fully saturated rings. The van der Waals surface area contributed by atoms with Gasteiger partial charge in [-0.1, -0.05) is 115 Å². The van der Waals surface area contributed by atoms with Gasteiger partial charge in [-0.3, -0.25) is 4.55 Å². The molecule has 0 amide bonds. The number of benzene rings is 1. The van der Waals surface area contributed by atoms with Crippen LogP contribution in [0.25, 0.3) is 0 Å². The standard InChI is InChI=1S/C23H40O3S.C2H7NO/c1-2-3-4-5-6-7-8-9-10-11-12-13-14-15-16-19-22-20-17-18-21-23(22)27(24,25)26;3-1-2-4/h17-18,20-21H,2-16,19H2,1H3,(H,24,25,26);4H,1-3H2. The van der Waals surface area contributed by atoms with E-state index in [9.17, 15) is 13.0 Å². The van der Waals surface area contributed by atoms with Crippen LogP contribution in [-0.4, -0.2) is 31.2 Å². The number of aliphatic hydroxyl groups is 1. The van der Waals surface area contributed by atoms with E-state index < -0.39 is 10.1 Å². The first-order chi connectivity index (χ1) is 15.0. The van der Waals surface area contributed by atoms with E-state index in [2.05, 4.69) is 6.92 Å². The predicted molar refractivity (Wildman–Crippen MR) is 131 cm³/mol. The van der Waals surface area contributed by atoms with Gasteiger partial charge in [0, 0.05) is 6.54 Å². The molecule has 0 atom stereocenters. The molecule has 0 saturated carbocycles. The lowest BCUT2D eigenvalue weighted by Gasteiger charge is -2.07. The fourth-order valence-electron chi connectivity index (χ4n) is 3.65. The summed E-state index contributed by atoms with van der Waals surface area (Å²) >= 11 is 0. The molecule has 0 saturated heterocycles. The van der Waals surface area contributed by atoms with Crippen molar-refractivity contribution in [3.05, 3.63) is 29.8 Å². The summed E-state index contributed by atoms with van der Waals surface area (Å²) in [6, 6.07) is 6.76.